The van der Waals surface area contributed by atoms with Gasteiger partial charge in [0.05, 0.1) is 31.4 Å². The van der Waals surface area contributed by atoms with Crippen molar-refractivity contribution in [2.45, 2.75) is 134 Å². The topological polar surface area (TPSA) is 91.3 Å². The third-order valence-corrected chi connectivity index (χ3v) is 7.63. The lowest BCUT2D eigenvalue weighted by atomic mass is 9.98. The van der Waals surface area contributed by atoms with Gasteiger partial charge in [-0.15, -0.1) is 0 Å². The molecule has 206 valence electrons. The number of ether oxygens (including phenoxy) is 3. The molecule has 7 nitrogen and oxygen atoms in total. The van der Waals surface area contributed by atoms with Gasteiger partial charge in [0.2, 0.25) is 0 Å². The lowest BCUT2D eigenvalue weighted by molar-refractivity contribution is -0.196. The summed E-state index contributed by atoms with van der Waals surface area (Å²) in [6, 6.07) is 0. The van der Waals surface area contributed by atoms with E-state index in [2.05, 4.69) is 13.8 Å². The third-order valence-electron chi connectivity index (χ3n) is 6.28. The largest absolute Gasteiger partial charge is 0.471 e. The molecular formula is C26H50O7PS+. The maximum atomic E-state index is 12.3. The SMILES string of the molecule is CCCCCCCCCCOC(COC1CCCCC1)COC(O)([PH+]=O)C(=O)OSCCCCC. The molecule has 1 saturated carbocycles. The second kappa shape index (κ2) is 21.8. The normalized spacial score (nSPS) is 17.3. The van der Waals surface area contributed by atoms with Crippen molar-refractivity contribution in [2.75, 3.05) is 25.6 Å². The van der Waals surface area contributed by atoms with E-state index in [1.165, 1.54) is 57.8 Å². The molecule has 0 aromatic carbocycles. The van der Waals surface area contributed by atoms with E-state index >= 15 is 0 Å². The number of hydrogen-bond acceptors (Lipinski definition) is 8. The standard InChI is InChI=1S/C26H49O7PS/c1-3-5-7-8-9-10-11-15-19-30-24(21-31-23-17-13-12-14-18-23)22-32-26(28,34-29)25(27)33-35-20-16-6-4-2/h23-24,28H,3-22H2,1-2H3/p+1. The van der Waals surface area contributed by atoms with Crippen LogP contribution in [-0.4, -0.2) is 54.4 Å². The van der Waals surface area contributed by atoms with Gasteiger partial charge in [-0.2, -0.15) is 0 Å². The first-order chi connectivity index (χ1) is 17.1. The molecule has 1 aliphatic rings. The molecule has 0 amide bonds. The van der Waals surface area contributed by atoms with E-state index in [0.29, 0.717) is 19.0 Å². The van der Waals surface area contributed by atoms with E-state index in [0.717, 1.165) is 57.0 Å². The molecule has 1 rings (SSSR count). The summed E-state index contributed by atoms with van der Waals surface area (Å²) in [6.07, 6.45) is 18.1. The molecule has 0 heterocycles. The Morgan fingerprint density at radius 3 is 2.23 bits per heavy atom. The number of aliphatic hydroxyl groups is 1. The average molecular weight is 538 g/mol. The van der Waals surface area contributed by atoms with Crippen molar-refractivity contribution in [3.8, 4) is 0 Å². The summed E-state index contributed by atoms with van der Waals surface area (Å²) < 4.78 is 34.2. The van der Waals surface area contributed by atoms with Gasteiger partial charge in [-0.05, 0) is 25.7 Å². The molecule has 9 heteroatoms. The number of rotatable bonds is 23. The molecule has 1 fully saturated rings. The Bertz CT molecular complexity index is 534. The van der Waals surface area contributed by atoms with E-state index in [1.807, 2.05) is 0 Å². The van der Waals surface area contributed by atoms with Crippen LogP contribution in [-0.2, 0) is 27.8 Å². The molecular weight excluding hydrogens is 487 g/mol. The van der Waals surface area contributed by atoms with Crippen molar-refractivity contribution < 1.29 is 32.9 Å². The minimum absolute atomic E-state index is 0.0922. The zero-order chi connectivity index (χ0) is 25.6. The van der Waals surface area contributed by atoms with E-state index in [-0.39, 0.29) is 12.7 Å². The van der Waals surface area contributed by atoms with Gasteiger partial charge in [0.15, 0.2) is 0 Å². The second-order valence-electron chi connectivity index (χ2n) is 9.52. The van der Waals surface area contributed by atoms with Crippen LogP contribution in [0.3, 0.4) is 0 Å². The fourth-order valence-corrected chi connectivity index (χ4v) is 4.99. The molecule has 35 heavy (non-hydrogen) atoms. The van der Waals surface area contributed by atoms with Gasteiger partial charge in [-0.1, -0.05) is 95.5 Å². The maximum Gasteiger partial charge on any atom is 0.471 e. The summed E-state index contributed by atoms with van der Waals surface area (Å²) in [4.78, 5) is 12.3. The van der Waals surface area contributed by atoms with Crippen molar-refractivity contribution in [2.24, 2.45) is 0 Å². The Hall–Kier alpha value is -0.240. The molecule has 3 atom stereocenters. The fourth-order valence-electron chi connectivity index (χ4n) is 4.01. The molecule has 0 saturated heterocycles. The first-order valence-corrected chi connectivity index (χ1v) is 15.7. The Morgan fingerprint density at radius 2 is 1.57 bits per heavy atom. The van der Waals surface area contributed by atoms with Crippen molar-refractivity contribution in [1.82, 2.24) is 0 Å². The number of hydrogen-bond donors (Lipinski definition) is 1. The third kappa shape index (κ3) is 16.3. The van der Waals surface area contributed by atoms with Crippen molar-refractivity contribution in [3.05, 3.63) is 0 Å². The van der Waals surface area contributed by atoms with Crippen LogP contribution in [0.2, 0.25) is 0 Å². The summed E-state index contributed by atoms with van der Waals surface area (Å²) >= 11 is 0.954. The molecule has 0 aliphatic heterocycles. The van der Waals surface area contributed by atoms with Crippen LogP contribution in [0.5, 0.6) is 0 Å². The first kappa shape index (κ1) is 32.8. The van der Waals surface area contributed by atoms with Crippen LogP contribution >= 0.6 is 20.5 Å². The van der Waals surface area contributed by atoms with Gasteiger partial charge < -0.3 is 18.8 Å². The predicted octanol–water partition coefficient (Wildman–Crippen LogP) is 6.93. The quantitative estimate of drug-likeness (QED) is 0.0649. The second-order valence-corrected chi connectivity index (χ2v) is 11.2. The Morgan fingerprint density at radius 1 is 0.943 bits per heavy atom. The molecule has 3 unspecified atom stereocenters. The van der Waals surface area contributed by atoms with E-state index in [1.54, 1.807) is 0 Å². The highest BCUT2D eigenvalue weighted by molar-refractivity contribution is 7.95. The van der Waals surface area contributed by atoms with Crippen molar-refractivity contribution in [1.29, 1.82) is 0 Å². The Kier molecular flexibility index (Phi) is 20.4. The van der Waals surface area contributed by atoms with E-state index < -0.39 is 26.1 Å². The molecule has 0 aromatic rings. The van der Waals surface area contributed by atoms with Crippen molar-refractivity contribution >= 4 is 26.5 Å². The van der Waals surface area contributed by atoms with Gasteiger partial charge in [0.25, 0.3) is 0 Å². The minimum atomic E-state index is -2.48. The Balaban J connectivity index is 2.44. The highest BCUT2D eigenvalue weighted by Gasteiger charge is 2.50. The highest BCUT2D eigenvalue weighted by Crippen LogP contribution is 2.27. The summed E-state index contributed by atoms with van der Waals surface area (Å²) in [7, 11) is -1.40. The highest BCUT2D eigenvalue weighted by atomic mass is 32.2. The zero-order valence-electron chi connectivity index (χ0n) is 22.1. The number of unbranched alkanes of at least 4 members (excludes halogenated alkanes) is 9. The minimum Gasteiger partial charge on any atom is -0.384 e. The van der Waals surface area contributed by atoms with E-state index in [9.17, 15) is 14.5 Å². The summed E-state index contributed by atoms with van der Waals surface area (Å²) in [6.45, 7) is 5.11. The molecule has 0 bridgehead atoms. The van der Waals surface area contributed by atoms with Crippen LogP contribution in [0.25, 0.3) is 0 Å². The zero-order valence-corrected chi connectivity index (χ0v) is 23.9. The molecule has 0 radical (unpaired) electrons. The fraction of sp³-hybridized carbons (Fsp3) is 0.962. The molecule has 1 aliphatic carbocycles. The van der Waals surface area contributed by atoms with Gasteiger partial charge in [0.1, 0.15) is 6.10 Å². The van der Waals surface area contributed by atoms with Crippen LogP contribution in [0.4, 0.5) is 0 Å². The summed E-state index contributed by atoms with van der Waals surface area (Å²) in [5.41, 5.74) is -2.48. The van der Waals surface area contributed by atoms with Gasteiger partial charge in [-0.3, -0.25) is 4.74 Å². The monoisotopic (exact) mass is 537 g/mol. The Labute approximate surface area is 219 Å². The van der Waals surface area contributed by atoms with Gasteiger partial charge >= 0.3 is 20.0 Å². The summed E-state index contributed by atoms with van der Waals surface area (Å²) in [5.74, 6) is -0.417. The lowest BCUT2D eigenvalue weighted by Gasteiger charge is -2.26. The smallest absolute Gasteiger partial charge is 0.384 e. The van der Waals surface area contributed by atoms with E-state index in [4.69, 9.17) is 18.4 Å². The van der Waals surface area contributed by atoms with Crippen LogP contribution in [0, 0.1) is 0 Å². The average Bonchev–Trinajstić information content (AvgIpc) is 2.88. The van der Waals surface area contributed by atoms with Crippen LogP contribution in [0.1, 0.15) is 117 Å². The van der Waals surface area contributed by atoms with Crippen molar-refractivity contribution in [3.63, 3.8) is 0 Å². The van der Waals surface area contributed by atoms with Crippen LogP contribution in [0.15, 0.2) is 0 Å². The number of carbonyl (C=O) groups excluding carboxylic acids is 1. The first-order valence-electron chi connectivity index (χ1n) is 13.9. The van der Waals surface area contributed by atoms with Gasteiger partial charge in [-0.25, -0.2) is 4.79 Å². The van der Waals surface area contributed by atoms with Gasteiger partial charge in [0, 0.05) is 12.4 Å². The molecule has 0 aromatic heterocycles. The molecule has 0 spiro atoms. The summed E-state index contributed by atoms with van der Waals surface area (Å²) in [5, 5.41) is 10.5. The lowest BCUT2D eigenvalue weighted by Crippen LogP contribution is -2.40. The predicted molar refractivity (Wildman–Crippen MR) is 143 cm³/mol. The van der Waals surface area contributed by atoms with Crippen LogP contribution < -0.4 is 0 Å². The molecule has 1 N–H and O–H groups in total. The maximum absolute atomic E-state index is 12.3. The number of carbonyl (C=O) groups is 1.